The molecule has 0 bridgehead atoms. The fourth-order valence-electron chi connectivity index (χ4n) is 8.91. The van der Waals surface area contributed by atoms with Gasteiger partial charge in [-0.25, -0.2) is 46.3 Å². The minimum absolute atomic E-state index is 0.0660. The molecule has 2 unspecified atom stereocenters. The molecule has 430 valence electrons. The van der Waals surface area contributed by atoms with Gasteiger partial charge >= 0.3 is 0 Å². The normalized spacial score (nSPS) is 12.7. The highest BCUT2D eigenvalue weighted by Gasteiger charge is 2.29. The first-order valence-corrected chi connectivity index (χ1v) is 26.6. The molecule has 1 aliphatic rings. The van der Waals surface area contributed by atoms with E-state index in [2.05, 4.69) is 50.5 Å². The van der Waals surface area contributed by atoms with Gasteiger partial charge in [-0.1, -0.05) is 27.7 Å². The number of hydrogen-bond donors (Lipinski definition) is 4. The summed E-state index contributed by atoms with van der Waals surface area (Å²) in [6.07, 6.45) is 8.92. The quantitative estimate of drug-likeness (QED) is 0.0593. The smallest absolute Gasteiger partial charge is 0.281 e. The lowest BCUT2D eigenvalue weighted by atomic mass is 10.1. The van der Waals surface area contributed by atoms with E-state index in [1.807, 2.05) is 101 Å². The van der Waals surface area contributed by atoms with E-state index in [0.29, 0.717) is 34.3 Å². The van der Waals surface area contributed by atoms with E-state index in [9.17, 15) is 35.9 Å². The van der Waals surface area contributed by atoms with Gasteiger partial charge in [-0.15, -0.1) is 0 Å². The maximum Gasteiger partial charge on any atom is 0.281 e. The number of nitrogens with zero attached hydrogens (tertiary/aromatic N) is 10. The monoisotopic (exact) mass is 1130 g/mol. The van der Waals surface area contributed by atoms with Crippen molar-refractivity contribution < 1.29 is 35.8 Å². The largest absolute Gasteiger partial charge is 0.495 e. The fourth-order valence-corrected chi connectivity index (χ4v) is 8.91. The molecule has 10 aromatic rings. The van der Waals surface area contributed by atoms with Crippen molar-refractivity contribution in [1.82, 2.24) is 58.1 Å². The summed E-state index contributed by atoms with van der Waals surface area (Å²) in [4.78, 5) is 60.3. The van der Waals surface area contributed by atoms with Gasteiger partial charge in [0.2, 0.25) is 11.9 Å². The molecule has 0 amide bonds. The predicted octanol–water partition coefficient (Wildman–Crippen LogP) is 12.1. The number of benzene rings is 4. The van der Waals surface area contributed by atoms with Crippen LogP contribution in [0.3, 0.4) is 0 Å². The highest BCUT2D eigenvalue weighted by Crippen LogP contribution is 2.34. The first-order valence-electron chi connectivity index (χ1n) is 26.6. The van der Waals surface area contributed by atoms with Gasteiger partial charge < -0.3 is 39.2 Å². The third-order valence-corrected chi connectivity index (χ3v) is 13.1. The molecule has 6 aromatic heterocycles. The number of aromatic nitrogens is 12. The van der Waals surface area contributed by atoms with Gasteiger partial charge in [0.25, 0.3) is 11.1 Å². The van der Waals surface area contributed by atoms with Crippen molar-refractivity contribution >= 4 is 34.2 Å². The first-order chi connectivity index (χ1) is 39.3. The van der Waals surface area contributed by atoms with Crippen LogP contribution in [0.15, 0.2) is 95.3 Å². The number of nitrogens with one attached hydrogen (secondary N) is 4. The van der Waals surface area contributed by atoms with Crippen LogP contribution in [0.25, 0.3) is 56.5 Å². The zero-order valence-corrected chi connectivity index (χ0v) is 47.2. The molecule has 18 nitrogen and oxygen atoms in total. The van der Waals surface area contributed by atoms with Gasteiger partial charge in [-0.3, -0.25) is 18.7 Å². The lowest BCUT2D eigenvalue weighted by Crippen LogP contribution is -2.30. The number of aromatic amines is 2. The van der Waals surface area contributed by atoms with Crippen molar-refractivity contribution in [3.8, 4) is 45.6 Å². The van der Waals surface area contributed by atoms with Crippen LogP contribution >= 0.6 is 0 Å². The number of methoxy groups -OCH3 is 2. The van der Waals surface area contributed by atoms with Crippen molar-refractivity contribution in [1.29, 1.82) is 0 Å². The van der Waals surface area contributed by atoms with Gasteiger partial charge in [0.15, 0.2) is 57.2 Å². The lowest BCUT2D eigenvalue weighted by molar-refractivity contribution is 0.413. The standard InChI is InChI=1S/C27H24F3N7O2.C27H26F3N7O2.2C2H6/c1-13-11-36(12-31-13)20-7-4-15(10-21(20)39-3)24-33-23-25(34-24)35-27(32-17-5-6-17)37(26(23)38)14(2)16-8-18(28)22(30)19(29)9-16;1-13(2)32-27-35-25-23(26(38)37(27)15(4)17-8-18(28)22(30)19(29)9-17)33-24(34-25)16-6-7-20(21(10-16)39-5)36-11-14(3)31-12-36;2*1-2/h4,7-12,14,17H,5-6H2,1-3H3,(H,32,35)(H,33,34);6-13,15H,1-5H3,(H,32,35)(H,33,34);2*1-2H3. The van der Waals surface area contributed by atoms with Crippen molar-refractivity contribution in [3.63, 3.8) is 0 Å². The highest BCUT2D eigenvalue weighted by molar-refractivity contribution is 5.78. The van der Waals surface area contributed by atoms with E-state index in [1.54, 1.807) is 52.9 Å². The van der Waals surface area contributed by atoms with Crippen LogP contribution in [0.4, 0.5) is 38.2 Å². The molecular formula is C58H62F6N14O4. The highest BCUT2D eigenvalue weighted by atomic mass is 19.2. The second-order valence-electron chi connectivity index (χ2n) is 19.1. The first kappa shape index (κ1) is 58.9. The van der Waals surface area contributed by atoms with Crippen LogP contribution in [0.2, 0.25) is 0 Å². The third kappa shape index (κ3) is 12.0. The molecule has 82 heavy (non-hydrogen) atoms. The Labute approximate surface area is 467 Å². The molecule has 0 saturated heterocycles. The van der Waals surface area contributed by atoms with E-state index in [4.69, 9.17) is 9.47 Å². The number of imidazole rings is 4. The Morgan fingerprint density at radius 1 is 0.573 bits per heavy atom. The third-order valence-electron chi connectivity index (χ3n) is 13.1. The van der Waals surface area contributed by atoms with Crippen molar-refractivity contribution in [2.24, 2.45) is 0 Å². The summed E-state index contributed by atoms with van der Waals surface area (Å²) in [7, 11) is 3.11. The van der Waals surface area contributed by atoms with Crippen LogP contribution in [-0.4, -0.2) is 84.4 Å². The Bertz CT molecular complexity index is 3770. The van der Waals surface area contributed by atoms with Gasteiger partial charge in [-0.05, 0) is 126 Å². The van der Waals surface area contributed by atoms with Gasteiger partial charge in [0, 0.05) is 35.6 Å². The van der Waals surface area contributed by atoms with Crippen LogP contribution in [-0.2, 0) is 0 Å². The average molecular weight is 1130 g/mol. The SMILES string of the molecule is CC.CC.COc1cc(-c2nc3nc(NC(C)C)n(C(C)c4cc(F)c(F)c(F)c4)c(=O)c3[nH]2)ccc1-n1cnc(C)c1.COc1cc(-c2nc3nc(NC4CC4)n(C(C)c4cc(F)c(F)c(F)c4)c(=O)c3[nH]2)ccc1-n1cnc(C)c1. The second kappa shape index (κ2) is 24.7. The van der Waals surface area contributed by atoms with E-state index in [0.717, 1.165) is 59.9 Å². The Morgan fingerprint density at radius 3 is 1.32 bits per heavy atom. The molecule has 1 fully saturated rings. The van der Waals surface area contributed by atoms with Crippen molar-refractivity contribution in [2.45, 2.75) is 106 Å². The Kier molecular flexibility index (Phi) is 17.7. The maximum atomic E-state index is 14.0. The molecule has 24 heteroatoms. The Hall–Kier alpha value is -9.22. The Morgan fingerprint density at radius 2 is 0.963 bits per heavy atom. The molecule has 6 heterocycles. The number of H-pyrrole nitrogens is 2. The van der Waals surface area contributed by atoms with E-state index in [1.165, 1.54) is 9.13 Å². The van der Waals surface area contributed by atoms with Crippen LogP contribution < -0.4 is 31.2 Å². The molecule has 11 rings (SSSR count). The van der Waals surface area contributed by atoms with Gasteiger partial charge in [0.1, 0.15) is 23.1 Å². The van der Waals surface area contributed by atoms with E-state index in [-0.39, 0.29) is 57.4 Å². The van der Waals surface area contributed by atoms with Crippen molar-refractivity contribution in [3.05, 3.63) is 164 Å². The van der Waals surface area contributed by atoms with Gasteiger partial charge in [0.05, 0.1) is 61.7 Å². The number of hydrogen-bond acceptors (Lipinski definition) is 12. The fraction of sp³-hybridized carbons (Fsp3) is 0.310. The van der Waals surface area contributed by atoms with E-state index < -0.39 is 58.1 Å². The average Bonchev–Trinajstić information content (AvgIpc) is 3.72. The minimum Gasteiger partial charge on any atom is -0.495 e. The molecule has 0 spiro atoms. The number of rotatable bonds is 14. The van der Waals surface area contributed by atoms with Gasteiger partial charge in [-0.2, -0.15) is 9.97 Å². The number of ether oxygens (including phenoxy) is 2. The minimum atomic E-state index is -1.57. The molecule has 4 N–H and O–H groups in total. The molecule has 4 aromatic carbocycles. The molecule has 1 aliphatic carbocycles. The summed E-state index contributed by atoms with van der Waals surface area (Å²) in [5.74, 6) is -6.22. The number of aryl methyl sites for hydroxylation is 2. The molecule has 0 aliphatic heterocycles. The molecule has 0 radical (unpaired) electrons. The molecular weight excluding hydrogens is 1070 g/mol. The summed E-state index contributed by atoms with van der Waals surface area (Å²) in [5, 5.41) is 6.31. The van der Waals surface area contributed by atoms with Crippen LogP contribution in [0.5, 0.6) is 11.5 Å². The van der Waals surface area contributed by atoms with Crippen LogP contribution in [0, 0.1) is 48.8 Å². The maximum absolute atomic E-state index is 14.0. The second-order valence-corrected chi connectivity index (χ2v) is 19.1. The molecule has 1 saturated carbocycles. The summed E-state index contributed by atoms with van der Waals surface area (Å²) in [5.41, 5.74) is 4.28. The Balaban J connectivity index is 0.000000203. The van der Waals surface area contributed by atoms with E-state index >= 15 is 0 Å². The predicted molar refractivity (Wildman–Crippen MR) is 302 cm³/mol. The lowest BCUT2D eigenvalue weighted by Gasteiger charge is -2.21. The zero-order chi connectivity index (χ0) is 59.4. The summed E-state index contributed by atoms with van der Waals surface area (Å²) in [6.45, 7) is 18.7. The van der Waals surface area contributed by atoms with Crippen LogP contribution in [0.1, 0.15) is 103 Å². The van der Waals surface area contributed by atoms with Crippen molar-refractivity contribution in [2.75, 3.05) is 24.9 Å². The zero-order valence-electron chi connectivity index (χ0n) is 47.2. The number of anilines is 2. The summed E-state index contributed by atoms with van der Waals surface area (Å²) in [6, 6.07) is 12.7. The number of fused-ring (bicyclic) bond motifs is 2. The number of halogens is 6. The molecule has 2 atom stereocenters. The topological polar surface area (TPSA) is 205 Å². The summed E-state index contributed by atoms with van der Waals surface area (Å²) >= 11 is 0. The summed E-state index contributed by atoms with van der Waals surface area (Å²) < 4.78 is 101.